The first-order valence-corrected chi connectivity index (χ1v) is 14.8. The predicted octanol–water partition coefficient (Wildman–Crippen LogP) is 3.82. The summed E-state index contributed by atoms with van der Waals surface area (Å²) in [6.45, 7) is 3.63. The van der Waals surface area contributed by atoms with Crippen molar-refractivity contribution in [2.75, 3.05) is 26.2 Å². The van der Waals surface area contributed by atoms with Crippen LogP contribution in [0.15, 0.2) is 29.2 Å². The first-order valence-electron chi connectivity index (χ1n) is 13.0. The molecule has 3 saturated heterocycles. The van der Waals surface area contributed by atoms with E-state index < -0.39 is 27.9 Å². The van der Waals surface area contributed by atoms with Gasteiger partial charge in [0.15, 0.2) is 0 Å². The van der Waals surface area contributed by atoms with Crippen LogP contribution in [0, 0.1) is 0 Å². The van der Waals surface area contributed by atoms with Crippen molar-refractivity contribution in [3.8, 4) is 0 Å². The van der Waals surface area contributed by atoms with Crippen LogP contribution in [0.3, 0.4) is 0 Å². The molecule has 3 aliphatic heterocycles. The molecule has 0 bridgehead atoms. The van der Waals surface area contributed by atoms with Gasteiger partial charge in [0.05, 0.1) is 10.9 Å². The number of halogens is 1. The summed E-state index contributed by atoms with van der Waals surface area (Å²) in [6.07, 6.45) is 7.01. The van der Waals surface area contributed by atoms with Crippen LogP contribution in [0.1, 0.15) is 64.2 Å². The molecule has 0 aromatic heterocycles. The SMILES string of the molecule is O=C(OC1([C@H]2CCC[C@@H](O)N2S(=O)(=O)c2ccc(Cl)cc2)CC1)N1CCC(N2CCCCC2)CC1. The molecule has 4 fully saturated rings. The lowest BCUT2D eigenvalue weighted by molar-refractivity contribution is -0.0602. The van der Waals surface area contributed by atoms with E-state index in [-0.39, 0.29) is 11.0 Å². The van der Waals surface area contributed by atoms with Gasteiger partial charge in [0, 0.05) is 24.2 Å². The van der Waals surface area contributed by atoms with Gasteiger partial charge in [-0.25, -0.2) is 13.2 Å². The Labute approximate surface area is 213 Å². The summed E-state index contributed by atoms with van der Waals surface area (Å²) in [5, 5.41) is 11.2. The highest BCUT2D eigenvalue weighted by Gasteiger charge is 2.60. The number of hydrogen-bond acceptors (Lipinski definition) is 6. The molecule has 8 nitrogen and oxygen atoms in total. The molecule has 4 aliphatic rings. The lowest BCUT2D eigenvalue weighted by atomic mass is 9.97. The first-order chi connectivity index (χ1) is 16.8. The van der Waals surface area contributed by atoms with Crippen LogP contribution < -0.4 is 0 Å². The van der Waals surface area contributed by atoms with Gasteiger partial charge in [0.25, 0.3) is 0 Å². The van der Waals surface area contributed by atoms with Crippen LogP contribution in [0.2, 0.25) is 5.02 Å². The molecule has 3 heterocycles. The molecular weight excluding hydrogens is 490 g/mol. The summed E-state index contributed by atoms with van der Waals surface area (Å²) in [6, 6.07) is 5.91. The minimum Gasteiger partial charge on any atom is -0.441 e. The Morgan fingerprint density at radius 3 is 2.23 bits per heavy atom. The van der Waals surface area contributed by atoms with Crippen molar-refractivity contribution in [3.63, 3.8) is 0 Å². The third-order valence-electron chi connectivity index (χ3n) is 8.20. The van der Waals surface area contributed by atoms with Crippen LogP contribution in [0.5, 0.6) is 0 Å². The third-order valence-corrected chi connectivity index (χ3v) is 10.4. The van der Waals surface area contributed by atoms with Crippen LogP contribution in [-0.4, -0.2) is 83.8 Å². The van der Waals surface area contributed by atoms with Crippen LogP contribution in [-0.2, 0) is 14.8 Å². The summed E-state index contributed by atoms with van der Waals surface area (Å²) in [7, 11) is -3.99. The van der Waals surface area contributed by atoms with E-state index in [0.29, 0.717) is 56.3 Å². The molecule has 0 unspecified atom stereocenters. The van der Waals surface area contributed by atoms with Crippen molar-refractivity contribution in [3.05, 3.63) is 29.3 Å². The fraction of sp³-hybridized carbons (Fsp3) is 0.720. The number of ether oxygens (including phenoxy) is 1. The Kier molecular flexibility index (Phi) is 7.34. The zero-order chi connectivity index (χ0) is 24.6. The van der Waals surface area contributed by atoms with E-state index in [9.17, 15) is 18.3 Å². The van der Waals surface area contributed by atoms with Crippen molar-refractivity contribution in [2.45, 2.75) is 93.0 Å². The molecule has 2 atom stereocenters. The maximum absolute atomic E-state index is 13.5. The molecule has 1 aromatic rings. The van der Waals surface area contributed by atoms with E-state index >= 15 is 0 Å². The average molecular weight is 526 g/mol. The molecule has 5 rings (SSSR count). The molecule has 10 heteroatoms. The number of carbonyl (C=O) groups is 1. The number of piperidine rings is 3. The largest absolute Gasteiger partial charge is 0.441 e. The lowest BCUT2D eigenvalue weighted by Crippen LogP contribution is -2.57. The van der Waals surface area contributed by atoms with E-state index in [2.05, 4.69) is 4.90 Å². The Morgan fingerprint density at radius 1 is 0.943 bits per heavy atom. The van der Waals surface area contributed by atoms with Crippen LogP contribution in [0.25, 0.3) is 0 Å². The van der Waals surface area contributed by atoms with Crippen molar-refractivity contribution in [1.82, 2.24) is 14.1 Å². The zero-order valence-corrected chi connectivity index (χ0v) is 21.7. The minimum absolute atomic E-state index is 0.0785. The maximum Gasteiger partial charge on any atom is 0.410 e. The summed E-state index contributed by atoms with van der Waals surface area (Å²) in [5.41, 5.74) is -0.873. The van der Waals surface area contributed by atoms with Crippen molar-refractivity contribution >= 4 is 27.7 Å². The Balaban J connectivity index is 1.27. The van der Waals surface area contributed by atoms with Gasteiger partial charge in [0.1, 0.15) is 11.8 Å². The normalized spacial score (nSPS) is 28.6. The fourth-order valence-corrected chi connectivity index (χ4v) is 7.98. The van der Waals surface area contributed by atoms with Crippen molar-refractivity contribution in [2.24, 2.45) is 0 Å². The Morgan fingerprint density at radius 2 is 1.60 bits per heavy atom. The number of nitrogens with zero attached hydrogens (tertiary/aromatic N) is 3. The molecule has 0 radical (unpaired) electrons. The molecule has 1 aromatic carbocycles. The number of benzene rings is 1. The number of hydrogen-bond donors (Lipinski definition) is 1. The van der Waals surface area contributed by atoms with Gasteiger partial charge in [-0.15, -0.1) is 0 Å². The monoisotopic (exact) mass is 525 g/mol. The molecule has 35 heavy (non-hydrogen) atoms. The van der Waals surface area contributed by atoms with Crippen molar-refractivity contribution < 1.29 is 23.1 Å². The first kappa shape index (κ1) is 25.3. The third kappa shape index (κ3) is 5.21. The predicted molar refractivity (Wildman–Crippen MR) is 133 cm³/mol. The molecule has 1 aliphatic carbocycles. The zero-order valence-electron chi connectivity index (χ0n) is 20.1. The number of sulfonamides is 1. The molecule has 194 valence electrons. The van der Waals surface area contributed by atoms with Gasteiger partial charge in [-0.3, -0.25) is 0 Å². The highest BCUT2D eigenvalue weighted by Crippen LogP contribution is 2.50. The van der Waals surface area contributed by atoms with E-state index in [1.807, 2.05) is 0 Å². The number of rotatable bonds is 5. The minimum atomic E-state index is -3.99. The van der Waals surface area contributed by atoms with Gasteiger partial charge in [-0.1, -0.05) is 18.0 Å². The smallest absolute Gasteiger partial charge is 0.410 e. The van der Waals surface area contributed by atoms with E-state index in [0.717, 1.165) is 25.9 Å². The van der Waals surface area contributed by atoms with Gasteiger partial charge < -0.3 is 19.6 Å². The summed E-state index contributed by atoms with van der Waals surface area (Å²) < 4.78 is 34.3. The highest BCUT2D eigenvalue weighted by atomic mass is 35.5. The maximum atomic E-state index is 13.5. The average Bonchev–Trinajstić information content (AvgIpc) is 3.65. The van der Waals surface area contributed by atoms with Gasteiger partial charge >= 0.3 is 6.09 Å². The number of amides is 1. The summed E-state index contributed by atoms with van der Waals surface area (Å²) in [5.74, 6) is 0. The van der Waals surface area contributed by atoms with E-state index in [1.165, 1.54) is 47.8 Å². The van der Waals surface area contributed by atoms with Crippen molar-refractivity contribution in [1.29, 1.82) is 0 Å². The quantitative estimate of drug-likeness (QED) is 0.628. The standard InChI is InChI=1S/C25H36ClN3O5S/c26-19-7-9-21(10-8-19)35(32,33)29-22(5-4-6-23(29)30)25(13-14-25)34-24(31)28-17-11-20(12-18-28)27-15-2-1-3-16-27/h7-10,20,22-23,30H,1-6,11-18H2/t22-,23-/m1/s1. The van der Waals surface area contributed by atoms with Gasteiger partial charge in [-0.2, -0.15) is 4.31 Å². The second-order valence-corrected chi connectivity index (χ2v) is 12.7. The second kappa shape index (κ2) is 10.2. The second-order valence-electron chi connectivity index (χ2n) is 10.5. The van der Waals surface area contributed by atoms with Crippen LogP contribution >= 0.6 is 11.6 Å². The Hall–Kier alpha value is -1.39. The van der Waals surface area contributed by atoms with Crippen LogP contribution in [0.4, 0.5) is 4.79 Å². The molecule has 1 N–H and O–H groups in total. The number of carbonyl (C=O) groups excluding carboxylic acids is 1. The number of aliphatic hydroxyl groups is 1. The van der Waals surface area contributed by atoms with E-state index in [1.54, 1.807) is 4.90 Å². The summed E-state index contributed by atoms with van der Waals surface area (Å²) >= 11 is 5.95. The topological polar surface area (TPSA) is 90.4 Å². The molecule has 0 spiro atoms. The number of likely N-dealkylation sites (tertiary alicyclic amines) is 2. The highest BCUT2D eigenvalue weighted by molar-refractivity contribution is 7.89. The molecular formula is C25H36ClN3O5S. The van der Waals surface area contributed by atoms with E-state index in [4.69, 9.17) is 16.3 Å². The van der Waals surface area contributed by atoms with Gasteiger partial charge in [0.2, 0.25) is 10.0 Å². The number of aliphatic hydroxyl groups excluding tert-OH is 1. The molecule has 1 saturated carbocycles. The lowest BCUT2D eigenvalue weighted by Gasteiger charge is -2.43. The molecule has 1 amide bonds. The van der Waals surface area contributed by atoms with Gasteiger partial charge in [-0.05, 0) is 95.1 Å². The summed E-state index contributed by atoms with van der Waals surface area (Å²) in [4.78, 5) is 17.6. The fourth-order valence-electron chi connectivity index (χ4n) is 6.07. The Bertz CT molecular complexity index is 1000.